The van der Waals surface area contributed by atoms with Crippen LogP contribution < -0.4 is 5.32 Å². The molecule has 0 aliphatic heterocycles. The SMILES string of the molecule is O=C(O)CCCCCNc1c(-c2c(F)cc(F)cc2F)c(Cl)nc2ncnn12. The van der Waals surface area contributed by atoms with Crippen molar-refractivity contribution in [3.05, 3.63) is 41.1 Å². The number of carboxylic acids is 1. The molecule has 7 nitrogen and oxygen atoms in total. The van der Waals surface area contributed by atoms with E-state index in [9.17, 15) is 18.0 Å². The zero-order chi connectivity index (χ0) is 20.3. The number of anilines is 1. The second-order valence-electron chi connectivity index (χ2n) is 5.97. The molecule has 3 rings (SSSR count). The molecule has 0 aliphatic carbocycles. The topological polar surface area (TPSA) is 92.4 Å². The third-order valence-corrected chi connectivity index (χ3v) is 4.27. The molecule has 28 heavy (non-hydrogen) atoms. The summed E-state index contributed by atoms with van der Waals surface area (Å²) in [6.07, 6.45) is 2.99. The highest BCUT2D eigenvalue weighted by molar-refractivity contribution is 6.33. The number of nitrogens with zero attached hydrogens (tertiary/aromatic N) is 4. The van der Waals surface area contributed by atoms with Gasteiger partial charge in [-0.3, -0.25) is 4.79 Å². The maximum absolute atomic E-state index is 14.4. The number of unbranched alkanes of at least 4 members (excludes halogenated alkanes) is 2. The van der Waals surface area contributed by atoms with Gasteiger partial charge < -0.3 is 10.4 Å². The van der Waals surface area contributed by atoms with E-state index in [-0.39, 0.29) is 28.7 Å². The summed E-state index contributed by atoms with van der Waals surface area (Å²) in [6.45, 7) is 0.354. The van der Waals surface area contributed by atoms with Crippen molar-refractivity contribution in [3.63, 3.8) is 0 Å². The van der Waals surface area contributed by atoms with Gasteiger partial charge in [0.1, 0.15) is 34.7 Å². The van der Waals surface area contributed by atoms with Gasteiger partial charge in [-0.05, 0) is 12.8 Å². The van der Waals surface area contributed by atoms with Crippen molar-refractivity contribution in [2.24, 2.45) is 0 Å². The fraction of sp³-hybridized carbons (Fsp3) is 0.294. The van der Waals surface area contributed by atoms with Crippen molar-refractivity contribution in [2.45, 2.75) is 25.7 Å². The molecule has 0 atom stereocenters. The van der Waals surface area contributed by atoms with Gasteiger partial charge in [0.05, 0.1) is 11.1 Å². The molecule has 0 aliphatic rings. The Morgan fingerprint density at radius 2 is 1.86 bits per heavy atom. The van der Waals surface area contributed by atoms with Crippen molar-refractivity contribution in [3.8, 4) is 11.1 Å². The molecule has 0 fully saturated rings. The van der Waals surface area contributed by atoms with Crippen LogP contribution in [-0.2, 0) is 4.79 Å². The molecule has 2 N–H and O–H groups in total. The second kappa shape index (κ2) is 8.42. The van der Waals surface area contributed by atoms with Gasteiger partial charge in [0.15, 0.2) is 0 Å². The zero-order valence-corrected chi connectivity index (χ0v) is 15.2. The minimum Gasteiger partial charge on any atom is -0.481 e. The van der Waals surface area contributed by atoms with E-state index in [1.54, 1.807) is 0 Å². The third kappa shape index (κ3) is 4.16. The minimum absolute atomic E-state index is 0.0612. The third-order valence-electron chi connectivity index (χ3n) is 4.00. The number of fused-ring (bicyclic) bond motifs is 1. The number of hydrogen-bond donors (Lipinski definition) is 2. The molecule has 0 unspecified atom stereocenters. The van der Waals surface area contributed by atoms with E-state index in [2.05, 4.69) is 20.4 Å². The average molecular weight is 414 g/mol. The molecule has 0 radical (unpaired) electrons. The summed E-state index contributed by atoms with van der Waals surface area (Å²) >= 11 is 6.16. The van der Waals surface area contributed by atoms with Crippen LogP contribution in [0.25, 0.3) is 16.9 Å². The molecule has 0 amide bonds. The summed E-state index contributed by atoms with van der Waals surface area (Å²) in [5.74, 6) is -3.93. The monoisotopic (exact) mass is 413 g/mol. The fourth-order valence-electron chi connectivity index (χ4n) is 2.77. The molecule has 2 aromatic heterocycles. The van der Waals surface area contributed by atoms with Crippen LogP contribution in [0.4, 0.5) is 19.0 Å². The molecule has 3 aromatic rings. The molecule has 0 saturated heterocycles. The highest BCUT2D eigenvalue weighted by Crippen LogP contribution is 2.37. The van der Waals surface area contributed by atoms with Crippen molar-refractivity contribution in [1.82, 2.24) is 19.6 Å². The first-order chi connectivity index (χ1) is 13.4. The molecular weight excluding hydrogens is 399 g/mol. The number of aliphatic carboxylic acids is 1. The van der Waals surface area contributed by atoms with Crippen LogP contribution in [0.5, 0.6) is 0 Å². The Labute approximate surface area is 162 Å². The number of hydrogen-bond acceptors (Lipinski definition) is 5. The van der Waals surface area contributed by atoms with E-state index in [0.29, 0.717) is 37.9 Å². The van der Waals surface area contributed by atoms with Gasteiger partial charge in [-0.25, -0.2) is 13.2 Å². The molecule has 0 bridgehead atoms. The van der Waals surface area contributed by atoms with Crippen molar-refractivity contribution in [2.75, 3.05) is 11.9 Å². The predicted molar refractivity (Wildman–Crippen MR) is 95.7 cm³/mol. The normalized spacial score (nSPS) is 11.1. The highest BCUT2D eigenvalue weighted by atomic mass is 35.5. The lowest BCUT2D eigenvalue weighted by molar-refractivity contribution is -0.137. The van der Waals surface area contributed by atoms with Crippen molar-refractivity contribution < 1.29 is 23.1 Å². The smallest absolute Gasteiger partial charge is 0.303 e. The van der Waals surface area contributed by atoms with Gasteiger partial charge in [-0.2, -0.15) is 19.6 Å². The summed E-state index contributed by atoms with van der Waals surface area (Å²) < 4.78 is 43.2. The van der Waals surface area contributed by atoms with Gasteiger partial charge in [0.25, 0.3) is 5.78 Å². The van der Waals surface area contributed by atoms with Crippen LogP contribution in [0.2, 0.25) is 5.15 Å². The second-order valence-corrected chi connectivity index (χ2v) is 6.33. The maximum atomic E-state index is 14.4. The number of rotatable bonds is 8. The molecule has 2 heterocycles. The van der Waals surface area contributed by atoms with Gasteiger partial charge in [-0.15, -0.1) is 0 Å². The Bertz CT molecular complexity index is 1000. The standard InChI is InChI=1S/C17H15ClF3N5O2/c18-15-14(13-10(20)6-9(19)7-11(13)21)16(26-17(25-15)23-8-24-26)22-5-3-1-2-4-12(27)28/h6-8,22H,1-5H2,(H,27,28). The average Bonchev–Trinajstić information content (AvgIpc) is 3.06. The van der Waals surface area contributed by atoms with E-state index in [4.69, 9.17) is 16.7 Å². The van der Waals surface area contributed by atoms with E-state index in [1.165, 1.54) is 10.8 Å². The number of halogens is 4. The van der Waals surface area contributed by atoms with Crippen LogP contribution in [0.15, 0.2) is 18.5 Å². The summed E-state index contributed by atoms with van der Waals surface area (Å²) in [7, 11) is 0. The predicted octanol–water partition coefficient (Wildman–Crippen LogP) is 3.92. The lowest BCUT2D eigenvalue weighted by Gasteiger charge is -2.15. The van der Waals surface area contributed by atoms with Crippen LogP contribution in [-0.4, -0.2) is 37.2 Å². The van der Waals surface area contributed by atoms with E-state index in [1.807, 2.05) is 0 Å². The van der Waals surface area contributed by atoms with Gasteiger partial charge in [0.2, 0.25) is 0 Å². The van der Waals surface area contributed by atoms with E-state index in [0.717, 1.165) is 0 Å². The van der Waals surface area contributed by atoms with E-state index >= 15 is 0 Å². The van der Waals surface area contributed by atoms with Crippen LogP contribution in [0.1, 0.15) is 25.7 Å². The first kappa shape index (κ1) is 19.9. The Balaban J connectivity index is 1.95. The summed E-state index contributed by atoms with van der Waals surface area (Å²) in [5.41, 5.74) is -0.648. The van der Waals surface area contributed by atoms with Gasteiger partial charge >= 0.3 is 5.97 Å². The molecule has 0 spiro atoms. The summed E-state index contributed by atoms with van der Waals surface area (Å²) in [5, 5.41) is 15.4. The molecule has 0 saturated carbocycles. The Morgan fingerprint density at radius 3 is 2.54 bits per heavy atom. The molecule has 11 heteroatoms. The van der Waals surface area contributed by atoms with Crippen LogP contribution in [0.3, 0.4) is 0 Å². The maximum Gasteiger partial charge on any atom is 0.303 e. The summed E-state index contributed by atoms with van der Waals surface area (Å²) in [6, 6.07) is 1.10. The Hall–Kier alpha value is -2.88. The lowest BCUT2D eigenvalue weighted by Crippen LogP contribution is -2.11. The minimum atomic E-state index is -1.13. The fourth-order valence-corrected chi connectivity index (χ4v) is 3.03. The molecule has 1 aromatic carbocycles. The summed E-state index contributed by atoms with van der Waals surface area (Å²) in [4.78, 5) is 18.4. The number of aromatic nitrogens is 4. The first-order valence-corrected chi connectivity index (χ1v) is 8.76. The quantitative estimate of drug-likeness (QED) is 0.429. The van der Waals surface area contributed by atoms with Gasteiger partial charge in [0, 0.05) is 25.1 Å². The number of nitrogens with one attached hydrogen (secondary N) is 1. The molecular formula is C17H15ClF3N5O2. The first-order valence-electron chi connectivity index (χ1n) is 8.38. The van der Waals surface area contributed by atoms with Crippen LogP contribution in [0, 0.1) is 17.5 Å². The number of carboxylic acid groups (broad SMARTS) is 1. The lowest BCUT2D eigenvalue weighted by atomic mass is 10.1. The van der Waals surface area contributed by atoms with Crippen LogP contribution >= 0.6 is 11.6 Å². The Morgan fingerprint density at radius 1 is 1.14 bits per heavy atom. The molecule has 148 valence electrons. The van der Waals surface area contributed by atoms with E-state index < -0.39 is 29.0 Å². The van der Waals surface area contributed by atoms with Crippen molar-refractivity contribution >= 4 is 29.2 Å². The number of benzene rings is 1. The number of carbonyl (C=O) groups is 1. The highest BCUT2D eigenvalue weighted by Gasteiger charge is 2.24. The van der Waals surface area contributed by atoms with Gasteiger partial charge in [-0.1, -0.05) is 18.0 Å². The zero-order valence-electron chi connectivity index (χ0n) is 14.4. The largest absolute Gasteiger partial charge is 0.481 e. The van der Waals surface area contributed by atoms with Crippen molar-refractivity contribution in [1.29, 1.82) is 0 Å². The Kier molecular flexibility index (Phi) is 5.98.